The van der Waals surface area contributed by atoms with E-state index in [4.69, 9.17) is 0 Å². The highest BCUT2D eigenvalue weighted by Gasteiger charge is 2.28. The molecule has 5 rings (SSSR count). The lowest BCUT2D eigenvalue weighted by Crippen LogP contribution is -2.32. The molecule has 7 heteroatoms. The van der Waals surface area contributed by atoms with Gasteiger partial charge in [0.1, 0.15) is 5.82 Å². The molecule has 1 aliphatic heterocycles. The van der Waals surface area contributed by atoms with Gasteiger partial charge in [-0.3, -0.25) is 9.69 Å². The number of rotatable bonds is 5. The number of carbonyl (C=O) groups is 1. The van der Waals surface area contributed by atoms with E-state index in [1.54, 1.807) is 16.8 Å². The molecule has 0 radical (unpaired) electrons. The van der Waals surface area contributed by atoms with E-state index in [1.807, 2.05) is 19.1 Å². The summed E-state index contributed by atoms with van der Waals surface area (Å²) in [5, 5.41) is 10.9. The van der Waals surface area contributed by atoms with Crippen LogP contribution >= 0.6 is 0 Å². The van der Waals surface area contributed by atoms with Crippen LogP contribution in [0.2, 0.25) is 0 Å². The van der Waals surface area contributed by atoms with Crippen molar-refractivity contribution in [1.29, 1.82) is 0 Å². The summed E-state index contributed by atoms with van der Waals surface area (Å²) in [4.78, 5) is 15.2. The van der Waals surface area contributed by atoms with E-state index in [-0.39, 0.29) is 11.4 Å². The molecule has 0 atom stereocenters. The molecule has 1 amide bonds. The molecule has 2 aromatic carbocycles. The first-order chi connectivity index (χ1) is 14.6. The maximum atomic E-state index is 13.9. The monoisotopic (exact) mass is 405 g/mol. The number of aromatic nitrogens is 3. The lowest BCUT2D eigenvalue weighted by Gasteiger charge is -2.30. The highest BCUT2D eigenvalue weighted by molar-refractivity contribution is 6.03. The Labute approximate surface area is 174 Å². The summed E-state index contributed by atoms with van der Waals surface area (Å²) in [6.45, 7) is 4.99. The van der Waals surface area contributed by atoms with Crippen LogP contribution in [0, 0.1) is 18.7 Å². The van der Waals surface area contributed by atoms with Gasteiger partial charge in [0.05, 0.1) is 17.1 Å². The second-order valence-corrected chi connectivity index (χ2v) is 8.21. The Hall–Kier alpha value is -3.06. The average Bonchev–Trinajstić information content (AvgIpc) is 3.48. The molecule has 6 nitrogen and oxygen atoms in total. The van der Waals surface area contributed by atoms with E-state index < -0.39 is 11.7 Å². The van der Waals surface area contributed by atoms with Crippen molar-refractivity contribution in [3.05, 3.63) is 70.8 Å². The number of anilines is 1. The van der Waals surface area contributed by atoms with Crippen molar-refractivity contribution in [1.82, 2.24) is 19.9 Å². The van der Waals surface area contributed by atoms with Crippen LogP contribution in [0.5, 0.6) is 0 Å². The third kappa shape index (κ3) is 3.61. The molecule has 0 unspecified atom stereocenters. The van der Waals surface area contributed by atoms with E-state index in [2.05, 4.69) is 26.6 Å². The maximum absolute atomic E-state index is 13.9. The number of nitrogens with one attached hydrogen (secondary N) is 1. The molecule has 154 valence electrons. The van der Waals surface area contributed by atoms with Gasteiger partial charge in [-0.1, -0.05) is 29.5 Å². The fraction of sp³-hybridized carbons (Fsp3) is 0.348. The van der Waals surface area contributed by atoms with E-state index in [1.165, 1.54) is 42.6 Å². The van der Waals surface area contributed by atoms with Gasteiger partial charge in [-0.2, -0.15) is 0 Å². The summed E-state index contributed by atoms with van der Waals surface area (Å²) < 4.78 is 15.6. The van der Waals surface area contributed by atoms with Gasteiger partial charge in [-0.05, 0) is 61.4 Å². The summed E-state index contributed by atoms with van der Waals surface area (Å²) >= 11 is 0. The zero-order valence-electron chi connectivity index (χ0n) is 16.9. The number of hydrogen-bond acceptors (Lipinski definition) is 4. The summed E-state index contributed by atoms with van der Waals surface area (Å²) in [5.41, 5.74) is 4.50. The van der Waals surface area contributed by atoms with Crippen LogP contribution in [-0.2, 0) is 13.0 Å². The zero-order chi connectivity index (χ0) is 20.7. The average molecular weight is 405 g/mol. The van der Waals surface area contributed by atoms with Crippen molar-refractivity contribution in [3.63, 3.8) is 0 Å². The normalized spacial score (nSPS) is 16.3. The number of benzene rings is 2. The first kappa shape index (κ1) is 18.9. The van der Waals surface area contributed by atoms with E-state index >= 15 is 0 Å². The van der Waals surface area contributed by atoms with Crippen molar-refractivity contribution in [3.8, 4) is 5.69 Å². The molecule has 1 saturated carbocycles. The smallest absolute Gasteiger partial charge is 0.278 e. The van der Waals surface area contributed by atoms with Gasteiger partial charge in [0.15, 0.2) is 5.69 Å². The van der Waals surface area contributed by atoms with Crippen LogP contribution in [0.1, 0.15) is 40.2 Å². The Balaban J connectivity index is 1.40. The molecule has 0 spiro atoms. The molecule has 3 aromatic rings. The van der Waals surface area contributed by atoms with Gasteiger partial charge in [0.25, 0.3) is 5.91 Å². The van der Waals surface area contributed by atoms with Gasteiger partial charge in [-0.25, -0.2) is 9.07 Å². The molecule has 1 aromatic heterocycles. The molecular formula is C23H24FN5O. The second-order valence-electron chi connectivity index (χ2n) is 8.21. The molecule has 30 heavy (non-hydrogen) atoms. The fourth-order valence-electron chi connectivity index (χ4n) is 4.18. The third-order valence-corrected chi connectivity index (χ3v) is 5.99. The topological polar surface area (TPSA) is 63.1 Å². The highest BCUT2D eigenvalue weighted by atomic mass is 19.1. The predicted octanol–water partition coefficient (Wildman–Crippen LogP) is 3.74. The van der Waals surface area contributed by atoms with Crippen LogP contribution in [0.15, 0.2) is 42.5 Å². The molecule has 1 N–H and O–H groups in total. The third-order valence-electron chi connectivity index (χ3n) is 5.99. The zero-order valence-corrected chi connectivity index (χ0v) is 16.9. The summed E-state index contributed by atoms with van der Waals surface area (Å²) in [6.07, 6.45) is 3.67. The van der Waals surface area contributed by atoms with Crippen molar-refractivity contribution in [2.75, 3.05) is 18.4 Å². The predicted molar refractivity (Wildman–Crippen MR) is 112 cm³/mol. The van der Waals surface area contributed by atoms with Crippen molar-refractivity contribution in [2.45, 2.75) is 32.7 Å². The second kappa shape index (κ2) is 7.65. The maximum Gasteiger partial charge on any atom is 0.278 e. The van der Waals surface area contributed by atoms with Crippen molar-refractivity contribution >= 4 is 11.6 Å². The number of carbonyl (C=O) groups excluding carboxylic acids is 1. The standard InChI is InChI=1S/C23H24FN5O/c1-15-22(23(30)25-20-7-3-2-6-19(20)24)26-27-29(15)21-8-4-5-17-14-28(12-11-18(17)21)13-16-9-10-16/h2-8,16H,9-14H2,1H3,(H,25,30). The van der Waals surface area contributed by atoms with Crippen molar-refractivity contribution < 1.29 is 9.18 Å². The van der Waals surface area contributed by atoms with E-state index in [0.717, 1.165) is 31.1 Å². The molecule has 2 aliphatic rings. The molecule has 2 heterocycles. The number of hydrogen-bond donors (Lipinski definition) is 1. The van der Waals surface area contributed by atoms with Crippen molar-refractivity contribution in [2.24, 2.45) is 5.92 Å². The van der Waals surface area contributed by atoms with Crippen LogP contribution < -0.4 is 5.32 Å². The van der Waals surface area contributed by atoms with Crippen LogP contribution in [-0.4, -0.2) is 38.9 Å². The lowest BCUT2D eigenvalue weighted by atomic mass is 9.97. The number of halogens is 1. The Kier molecular flexibility index (Phi) is 4.83. The Morgan fingerprint density at radius 3 is 2.83 bits per heavy atom. The Bertz CT molecular complexity index is 1100. The number of fused-ring (bicyclic) bond motifs is 1. The number of para-hydroxylation sites is 1. The molecular weight excluding hydrogens is 381 g/mol. The fourth-order valence-corrected chi connectivity index (χ4v) is 4.18. The van der Waals surface area contributed by atoms with Crippen LogP contribution in [0.25, 0.3) is 5.69 Å². The van der Waals surface area contributed by atoms with Gasteiger partial charge in [0.2, 0.25) is 0 Å². The number of amides is 1. The summed E-state index contributed by atoms with van der Waals surface area (Å²) in [6, 6.07) is 12.3. The Morgan fingerprint density at radius 2 is 2.03 bits per heavy atom. The van der Waals surface area contributed by atoms with Gasteiger partial charge >= 0.3 is 0 Å². The quantitative estimate of drug-likeness (QED) is 0.703. The largest absolute Gasteiger partial charge is 0.318 e. The van der Waals surface area contributed by atoms with Crippen LogP contribution in [0.4, 0.5) is 10.1 Å². The van der Waals surface area contributed by atoms with E-state index in [9.17, 15) is 9.18 Å². The highest BCUT2D eigenvalue weighted by Crippen LogP contribution is 2.32. The van der Waals surface area contributed by atoms with Gasteiger partial charge in [0, 0.05) is 19.6 Å². The van der Waals surface area contributed by atoms with Gasteiger partial charge in [-0.15, -0.1) is 5.10 Å². The SMILES string of the molecule is Cc1c(C(=O)Nc2ccccc2F)nnn1-c1cccc2c1CCN(CC1CC1)C2. The minimum Gasteiger partial charge on any atom is -0.318 e. The summed E-state index contributed by atoms with van der Waals surface area (Å²) in [7, 11) is 0. The molecule has 0 saturated heterocycles. The number of nitrogens with zero attached hydrogens (tertiary/aromatic N) is 4. The van der Waals surface area contributed by atoms with Crippen LogP contribution in [0.3, 0.4) is 0 Å². The molecule has 0 bridgehead atoms. The first-order valence-corrected chi connectivity index (χ1v) is 10.4. The lowest BCUT2D eigenvalue weighted by molar-refractivity contribution is 0.102. The Morgan fingerprint density at radius 1 is 1.20 bits per heavy atom. The molecule has 1 fully saturated rings. The minimum absolute atomic E-state index is 0.129. The first-order valence-electron chi connectivity index (χ1n) is 10.4. The summed E-state index contributed by atoms with van der Waals surface area (Å²) in [5.74, 6) is -0.0733. The minimum atomic E-state index is -0.483. The van der Waals surface area contributed by atoms with Gasteiger partial charge < -0.3 is 5.32 Å². The molecule has 1 aliphatic carbocycles. The van der Waals surface area contributed by atoms with E-state index in [0.29, 0.717) is 5.69 Å².